The molecule has 0 amide bonds. The van der Waals surface area contributed by atoms with Gasteiger partial charge in [-0.15, -0.1) is 0 Å². The second kappa shape index (κ2) is 6.27. The molecule has 2 rings (SSSR count). The monoisotopic (exact) mass is 290 g/mol. The zero-order valence-electron chi connectivity index (χ0n) is 10.8. The summed E-state index contributed by atoms with van der Waals surface area (Å²) in [5.74, 6) is 0.213. The van der Waals surface area contributed by atoms with Crippen LogP contribution in [0.15, 0.2) is 36.4 Å². The van der Waals surface area contributed by atoms with Gasteiger partial charge in [-0.1, -0.05) is 11.6 Å². The van der Waals surface area contributed by atoms with Crippen LogP contribution in [0.4, 0.5) is 10.1 Å². The Kier molecular flexibility index (Phi) is 4.44. The van der Waals surface area contributed by atoms with Gasteiger partial charge in [-0.3, -0.25) is 0 Å². The molecule has 0 aliphatic heterocycles. The third-order valence-electron chi connectivity index (χ3n) is 2.73. The summed E-state index contributed by atoms with van der Waals surface area (Å²) in [5, 5.41) is 12.5. The van der Waals surface area contributed by atoms with Crippen LogP contribution < -0.4 is 10.1 Å². The van der Waals surface area contributed by atoms with Crippen LogP contribution in [-0.2, 0) is 6.54 Å². The van der Waals surface area contributed by atoms with E-state index in [0.717, 1.165) is 0 Å². The smallest absolute Gasteiger partial charge is 0.142 e. The van der Waals surface area contributed by atoms with Gasteiger partial charge in [0.25, 0.3) is 0 Å². The van der Waals surface area contributed by atoms with Crippen LogP contribution in [-0.4, -0.2) is 7.11 Å². The van der Waals surface area contributed by atoms with Gasteiger partial charge in [-0.25, -0.2) is 4.39 Å². The number of benzene rings is 2. The minimum absolute atomic E-state index is 0.292. The molecule has 0 bridgehead atoms. The summed E-state index contributed by atoms with van der Waals surface area (Å²) in [5.41, 5.74) is 1.67. The molecule has 0 unspecified atom stereocenters. The Balaban J connectivity index is 2.19. The molecular formula is C15H12ClFN2O. The van der Waals surface area contributed by atoms with Gasteiger partial charge in [0.05, 0.1) is 24.4 Å². The van der Waals surface area contributed by atoms with Gasteiger partial charge in [0.1, 0.15) is 11.6 Å². The molecule has 5 heteroatoms. The number of nitrogens with one attached hydrogen (secondary N) is 1. The lowest BCUT2D eigenvalue weighted by molar-refractivity contribution is 0.416. The molecule has 0 saturated carbocycles. The van der Waals surface area contributed by atoms with Crippen molar-refractivity contribution in [3.63, 3.8) is 0 Å². The number of rotatable bonds is 4. The highest BCUT2D eigenvalue weighted by atomic mass is 35.5. The van der Waals surface area contributed by atoms with E-state index >= 15 is 0 Å². The van der Waals surface area contributed by atoms with E-state index in [1.165, 1.54) is 12.1 Å². The minimum Gasteiger partial charge on any atom is -0.495 e. The first kappa shape index (κ1) is 14.2. The summed E-state index contributed by atoms with van der Waals surface area (Å²) in [6, 6.07) is 11.3. The highest BCUT2D eigenvalue weighted by Gasteiger charge is 2.05. The maximum absolute atomic E-state index is 13.3. The Bertz CT molecular complexity index is 667. The van der Waals surface area contributed by atoms with Gasteiger partial charge in [0.2, 0.25) is 0 Å². The van der Waals surface area contributed by atoms with Gasteiger partial charge < -0.3 is 10.1 Å². The molecule has 0 radical (unpaired) electrons. The lowest BCUT2D eigenvalue weighted by Gasteiger charge is -2.11. The molecular weight excluding hydrogens is 279 g/mol. The van der Waals surface area contributed by atoms with Crippen LogP contribution in [0, 0.1) is 17.1 Å². The first-order chi connectivity index (χ1) is 9.62. The first-order valence-corrected chi connectivity index (χ1v) is 6.27. The van der Waals surface area contributed by atoms with Crippen molar-refractivity contribution in [1.29, 1.82) is 5.26 Å². The van der Waals surface area contributed by atoms with Crippen molar-refractivity contribution in [2.24, 2.45) is 0 Å². The van der Waals surface area contributed by atoms with Gasteiger partial charge in [0, 0.05) is 11.6 Å². The second-order valence-electron chi connectivity index (χ2n) is 4.16. The topological polar surface area (TPSA) is 45.0 Å². The van der Waals surface area contributed by atoms with Crippen LogP contribution in [0.25, 0.3) is 0 Å². The molecule has 2 aromatic carbocycles. The predicted octanol–water partition coefficient (Wildman–Crippen LogP) is 3.97. The maximum Gasteiger partial charge on any atom is 0.142 e. The SMILES string of the molecule is COc1ccc(Cl)cc1NCc1cc(F)cc(C#N)c1. The van der Waals surface area contributed by atoms with E-state index in [1.54, 1.807) is 31.4 Å². The zero-order valence-corrected chi connectivity index (χ0v) is 11.5. The highest BCUT2D eigenvalue weighted by molar-refractivity contribution is 6.30. The van der Waals surface area contributed by atoms with E-state index in [1.807, 2.05) is 6.07 Å². The number of anilines is 1. The summed E-state index contributed by atoms with van der Waals surface area (Å²) >= 11 is 5.93. The van der Waals surface area contributed by atoms with Crippen LogP contribution >= 0.6 is 11.6 Å². The van der Waals surface area contributed by atoms with Gasteiger partial charge in [-0.05, 0) is 42.0 Å². The number of halogens is 2. The molecule has 0 aliphatic rings. The van der Waals surface area contributed by atoms with Crippen LogP contribution in [0.2, 0.25) is 5.02 Å². The fourth-order valence-corrected chi connectivity index (χ4v) is 2.00. The summed E-state index contributed by atoms with van der Waals surface area (Å²) < 4.78 is 18.5. The molecule has 0 spiro atoms. The van der Waals surface area contributed by atoms with Gasteiger partial charge in [0.15, 0.2) is 0 Å². The Labute approximate surface area is 121 Å². The number of hydrogen-bond acceptors (Lipinski definition) is 3. The Hall–Kier alpha value is -2.25. The average Bonchev–Trinajstić information content (AvgIpc) is 2.44. The molecule has 20 heavy (non-hydrogen) atoms. The van der Waals surface area contributed by atoms with Crippen molar-refractivity contribution in [2.45, 2.75) is 6.54 Å². The maximum atomic E-state index is 13.3. The molecule has 1 N–H and O–H groups in total. The van der Waals surface area contributed by atoms with Gasteiger partial charge in [-0.2, -0.15) is 5.26 Å². The van der Waals surface area contributed by atoms with E-state index in [-0.39, 0.29) is 0 Å². The number of nitrogens with zero attached hydrogens (tertiary/aromatic N) is 1. The Morgan fingerprint density at radius 2 is 2.10 bits per heavy atom. The molecule has 0 atom stereocenters. The van der Waals surface area contributed by atoms with Crippen molar-refractivity contribution in [3.8, 4) is 11.8 Å². The molecule has 0 saturated heterocycles. The van der Waals surface area contributed by atoms with Crippen molar-refractivity contribution in [3.05, 3.63) is 58.4 Å². The van der Waals surface area contributed by atoms with E-state index in [4.69, 9.17) is 21.6 Å². The molecule has 0 aliphatic carbocycles. The van der Waals surface area contributed by atoms with Crippen molar-refractivity contribution < 1.29 is 9.13 Å². The van der Waals surface area contributed by atoms with Gasteiger partial charge >= 0.3 is 0 Å². The van der Waals surface area contributed by atoms with E-state index in [9.17, 15) is 4.39 Å². The summed E-state index contributed by atoms with van der Waals surface area (Å²) in [6.07, 6.45) is 0. The largest absolute Gasteiger partial charge is 0.495 e. The zero-order chi connectivity index (χ0) is 14.5. The van der Waals surface area contributed by atoms with Crippen molar-refractivity contribution in [2.75, 3.05) is 12.4 Å². The summed E-state index contributed by atoms with van der Waals surface area (Å²) in [6.45, 7) is 0.364. The number of nitriles is 1. The first-order valence-electron chi connectivity index (χ1n) is 5.89. The normalized spacial score (nSPS) is 9.90. The van der Waals surface area contributed by atoms with E-state index in [0.29, 0.717) is 34.1 Å². The second-order valence-corrected chi connectivity index (χ2v) is 4.59. The fourth-order valence-electron chi connectivity index (χ4n) is 1.83. The standard InChI is InChI=1S/C15H12ClFN2O/c1-20-15-3-2-12(16)7-14(15)19-9-11-4-10(8-18)5-13(17)6-11/h2-7,19H,9H2,1H3. The number of hydrogen-bond donors (Lipinski definition) is 1. The molecule has 0 aromatic heterocycles. The van der Waals surface area contributed by atoms with E-state index in [2.05, 4.69) is 5.32 Å². The molecule has 0 heterocycles. The third-order valence-corrected chi connectivity index (χ3v) is 2.97. The Morgan fingerprint density at radius 3 is 2.80 bits per heavy atom. The Morgan fingerprint density at radius 1 is 1.30 bits per heavy atom. The molecule has 3 nitrogen and oxygen atoms in total. The molecule has 102 valence electrons. The van der Waals surface area contributed by atoms with Crippen LogP contribution in [0.1, 0.15) is 11.1 Å². The molecule has 0 fully saturated rings. The predicted molar refractivity (Wildman–Crippen MR) is 76.4 cm³/mol. The average molecular weight is 291 g/mol. The molecule has 2 aromatic rings. The fraction of sp³-hybridized carbons (Fsp3) is 0.133. The van der Waals surface area contributed by atoms with Crippen molar-refractivity contribution >= 4 is 17.3 Å². The lowest BCUT2D eigenvalue weighted by Crippen LogP contribution is -2.02. The van der Waals surface area contributed by atoms with Crippen molar-refractivity contribution in [1.82, 2.24) is 0 Å². The van der Waals surface area contributed by atoms with Crippen LogP contribution in [0.5, 0.6) is 5.75 Å². The third kappa shape index (κ3) is 3.40. The van der Waals surface area contributed by atoms with E-state index < -0.39 is 5.82 Å². The quantitative estimate of drug-likeness (QED) is 0.926. The van der Waals surface area contributed by atoms with Crippen LogP contribution in [0.3, 0.4) is 0 Å². The number of ether oxygens (including phenoxy) is 1. The summed E-state index contributed by atoms with van der Waals surface area (Å²) in [4.78, 5) is 0. The number of methoxy groups -OCH3 is 1. The lowest BCUT2D eigenvalue weighted by atomic mass is 10.1. The highest BCUT2D eigenvalue weighted by Crippen LogP contribution is 2.28. The summed E-state index contributed by atoms with van der Waals surface area (Å²) in [7, 11) is 1.56. The minimum atomic E-state index is -0.432.